The molecule has 2 rings (SSSR count). The maximum Gasteiger partial charge on any atom is 0.252 e. The monoisotopic (exact) mass is 355 g/mol. The molecule has 1 N–H and O–H groups in total. The molecule has 0 spiro atoms. The second kappa shape index (κ2) is 7.90. The van der Waals surface area contributed by atoms with Crippen LogP contribution in [0.4, 0.5) is 0 Å². The fourth-order valence-electron chi connectivity index (χ4n) is 3.18. The van der Waals surface area contributed by atoms with Gasteiger partial charge in [-0.2, -0.15) is 0 Å². The third kappa shape index (κ3) is 3.74. The van der Waals surface area contributed by atoms with Gasteiger partial charge in [-0.05, 0) is 51.7 Å². The van der Waals surface area contributed by atoms with Crippen LogP contribution >= 0.6 is 0 Å². The van der Waals surface area contributed by atoms with E-state index < -0.39 is 5.54 Å². The van der Waals surface area contributed by atoms with Crippen LogP contribution in [0.2, 0.25) is 0 Å². The van der Waals surface area contributed by atoms with Gasteiger partial charge < -0.3 is 10.1 Å². The van der Waals surface area contributed by atoms with Gasteiger partial charge in [0.05, 0.1) is 7.11 Å². The lowest BCUT2D eigenvalue weighted by Crippen LogP contribution is -2.56. The van der Waals surface area contributed by atoms with Crippen LogP contribution in [0.1, 0.15) is 56.5 Å². The lowest BCUT2D eigenvalue weighted by molar-refractivity contribution is -0.122. The second-order valence-corrected chi connectivity index (χ2v) is 7.41. The van der Waals surface area contributed by atoms with Crippen LogP contribution in [-0.4, -0.2) is 24.3 Å². The fraction of sp³-hybridized carbons (Fsp3) is 0.455. The molecule has 0 radical (unpaired) electrons. The van der Waals surface area contributed by atoms with Crippen molar-refractivity contribution < 1.29 is 14.3 Å². The molecule has 0 aromatic heterocycles. The first-order valence-electron chi connectivity index (χ1n) is 9.09. The van der Waals surface area contributed by atoms with E-state index in [4.69, 9.17) is 4.74 Å². The molecule has 26 heavy (non-hydrogen) atoms. The van der Waals surface area contributed by atoms with Gasteiger partial charge in [-0.15, -0.1) is 0 Å². The number of carbonyl (C=O) groups is 2. The average Bonchev–Trinajstić information content (AvgIpc) is 2.61. The zero-order valence-electron chi connectivity index (χ0n) is 16.6. The number of allylic oxidation sites excluding steroid dienone is 3. The molecule has 0 fully saturated rings. The summed E-state index contributed by atoms with van der Waals surface area (Å²) in [6.07, 6.45) is 5.75. The van der Waals surface area contributed by atoms with E-state index in [1.54, 1.807) is 19.2 Å². The highest BCUT2D eigenvalue weighted by Gasteiger charge is 2.40. The molecule has 0 heterocycles. The first kappa shape index (κ1) is 20.0. The van der Waals surface area contributed by atoms with E-state index in [0.29, 0.717) is 11.3 Å². The second-order valence-electron chi connectivity index (χ2n) is 7.41. The van der Waals surface area contributed by atoms with E-state index in [-0.39, 0.29) is 17.6 Å². The highest BCUT2D eigenvalue weighted by atomic mass is 16.5. The van der Waals surface area contributed by atoms with Gasteiger partial charge in [-0.25, -0.2) is 0 Å². The number of methoxy groups -OCH3 is 1. The first-order chi connectivity index (χ1) is 12.2. The number of Topliss-reactive ketones (excluding diaryl/α,β-unsaturated/α-hetero) is 1. The van der Waals surface area contributed by atoms with Gasteiger partial charge in [0.25, 0.3) is 5.91 Å². The average molecular weight is 355 g/mol. The Bertz CT molecular complexity index is 774. The van der Waals surface area contributed by atoms with Crippen molar-refractivity contribution in [2.75, 3.05) is 7.11 Å². The molecule has 0 saturated carbocycles. The molecular weight excluding hydrogens is 326 g/mol. The van der Waals surface area contributed by atoms with Crippen LogP contribution in [-0.2, 0) is 4.79 Å². The summed E-state index contributed by atoms with van der Waals surface area (Å²) in [5.41, 5.74) is 2.10. The van der Waals surface area contributed by atoms with E-state index in [1.807, 2.05) is 52.8 Å². The summed E-state index contributed by atoms with van der Waals surface area (Å²) in [6.45, 7) is 9.57. The number of carbonyl (C=O) groups excluding carboxylic acids is 2. The van der Waals surface area contributed by atoms with Gasteiger partial charge in [0, 0.05) is 16.7 Å². The van der Waals surface area contributed by atoms with E-state index in [1.165, 1.54) is 0 Å². The molecule has 1 atom stereocenters. The van der Waals surface area contributed by atoms with Crippen LogP contribution in [0.25, 0.3) is 0 Å². The summed E-state index contributed by atoms with van der Waals surface area (Å²) in [6, 6.07) is 5.36. The minimum Gasteiger partial charge on any atom is -0.496 e. The van der Waals surface area contributed by atoms with Crippen molar-refractivity contribution in [3.05, 3.63) is 52.6 Å². The molecule has 1 amide bonds. The normalized spacial score (nSPS) is 16.4. The highest BCUT2D eigenvalue weighted by molar-refractivity contribution is 6.09. The molecule has 1 aromatic rings. The number of ketones is 1. The zero-order valence-corrected chi connectivity index (χ0v) is 16.6. The van der Waals surface area contributed by atoms with Crippen molar-refractivity contribution in [1.29, 1.82) is 0 Å². The number of hydrogen-bond acceptors (Lipinski definition) is 3. The standard InChI is InChI=1S/C22H29NO3/c1-14(2)22(5,20(24)17-11-8-7-10-15(17)3)23-21(25)18-12-9-13-19(26-6)16(18)4/h8-9,11-14H,7,10H2,1-6H3,(H,23,25). The van der Waals surface area contributed by atoms with Crippen molar-refractivity contribution in [2.45, 2.75) is 53.0 Å². The Balaban J connectivity index is 2.37. The SMILES string of the molecule is COc1cccc(C(=O)NC(C)(C(=O)C2=C(C)CCC=C2)C(C)C)c1C. The van der Waals surface area contributed by atoms with Crippen molar-refractivity contribution in [3.8, 4) is 5.75 Å². The minimum absolute atomic E-state index is 0.0325. The van der Waals surface area contributed by atoms with Gasteiger partial charge >= 0.3 is 0 Å². The molecule has 140 valence electrons. The van der Waals surface area contributed by atoms with Crippen molar-refractivity contribution in [1.82, 2.24) is 5.32 Å². The number of hydrogen-bond donors (Lipinski definition) is 1. The summed E-state index contributed by atoms with van der Waals surface area (Å²) < 4.78 is 5.31. The lowest BCUT2D eigenvalue weighted by atomic mass is 9.78. The molecule has 0 aliphatic heterocycles. The Morgan fingerprint density at radius 3 is 2.50 bits per heavy atom. The maximum atomic E-state index is 13.3. The molecule has 4 heteroatoms. The van der Waals surface area contributed by atoms with Crippen molar-refractivity contribution >= 4 is 11.7 Å². The van der Waals surface area contributed by atoms with Gasteiger partial charge in [-0.3, -0.25) is 9.59 Å². The Hall–Kier alpha value is -2.36. The smallest absolute Gasteiger partial charge is 0.252 e. The van der Waals surface area contributed by atoms with E-state index in [9.17, 15) is 9.59 Å². The summed E-state index contributed by atoms with van der Waals surface area (Å²) >= 11 is 0. The minimum atomic E-state index is -0.981. The summed E-state index contributed by atoms with van der Waals surface area (Å²) in [4.78, 5) is 26.3. The Labute approximate surface area is 156 Å². The Morgan fingerprint density at radius 2 is 1.92 bits per heavy atom. The van der Waals surface area contributed by atoms with Gasteiger partial charge in [-0.1, -0.05) is 37.6 Å². The third-order valence-corrected chi connectivity index (χ3v) is 5.42. The van der Waals surface area contributed by atoms with Crippen LogP contribution in [0.5, 0.6) is 5.75 Å². The van der Waals surface area contributed by atoms with Gasteiger partial charge in [0.15, 0.2) is 5.78 Å². The Morgan fingerprint density at radius 1 is 1.23 bits per heavy atom. The zero-order chi connectivity index (χ0) is 19.5. The topological polar surface area (TPSA) is 55.4 Å². The summed E-state index contributed by atoms with van der Waals surface area (Å²) in [7, 11) is 1.58. The van der Waals surface area contributed by atoms with Crippen molar-refractivity contribution in [3.63, 3.8) is 0 Å². The van der Waals surface area contributed by atoms with E-state index in [2.05, 4.69) is 5.32 Å². The van der Waals surface area contributed by atoms with Crippen LogP contribution in [0.3, 0.4) is 0 Å². The molecule has 1 aliphatic carbocycles. The maximum absolute atomic E-state index is 13.3. The van der Waals surface area contributed by atoms with Crippen LogP contribution in [0.15, 0.2) is 41.5 Å². The number of benzene rings is 1. The van der Waals surface area contributed by atoms with Crippen molar-refractivity contribution in [2.24, 2.45) is 5.92 Å². The third-order valence-electron chi connectivity index (χ3n) is 5.42. The Kier molecular flexibility index (Phi) is 6.06. The van der Waals surface area contributed by atoms with Gasteiger partial charge in [0.2, 0.25) is 0 Å². The summed E-state index contributed by atoms with van der Waals surface area (Å²) in [5.74, 6) is 0.309. The van der Waals surface area contributed by atoms with Crippen LogP contribution in [0, 0.1) is 12.8 Å². The molecule has 1 aliphatic rings. The van der Waals surface area contributed by atoms with E-state index in [0.717, 1.165) is 29.6 Å². The highest BCUT2D eigenvalue weighted by Crippen LogP contribution is 2.29. The molecule has 1 unspecified atom stereocenters. The largest absolute Gasteiger partial charge is 0.496 e. The quantitative estimate of drug-likeness (QED) is 0.824. The number of nitrogens with one attached hydrogen (secondary N) is 1. The number of rotatable bonds is 6. The fourth-order valence-corrected chi connectivity index (χ4v) is 3.18. The first-order valence-corrected chi connectivity index (χ1v) is 9.09. The molecule has 4 nitrogen and oxygen atoms in total. The van der Waals surface area contributed by atoms with E-state index >= 15 is 0 Å². The molecule has 0 saturated heterocycles. The lowest BCUT2D eigenvalue weighted by Gasteiger charge is -2.35. The van der Waals surface area contributed by atoms with Gasteiger partial charge in [0.1, 0.15) is 11.3 Å². The molecular formula is C22H29NO3. The number of amides is 1. The number of ether oxygens (including phenoxy) is 1. The summed E-state index contributed by atoms with van der Waals surface area (Å²) in [5, 5.41) is 3.01. The molecule has 0 bridgehead atoms. The molecule has 1 aromatic carbocycles. The predicted molar refractivity (Wildman–Crippen MR) is 105 cm³/mol. The van der Waals surface area contributed by atoms with Crippen LogP contribution < -0.4 is 10.1 Å². The predicted octanol–water partition coefficient (Wildman–Crippen LogP) is 4.38.